The summed E-state index contributed by atoms with van der Waals surface area (Å²) in [5, 5.41) is 10.0. The summed E-state index contributed by atoms with van der Waals surface area (Å²) in [6.45, 7) is 3.88. The highest BCUT2D eigenvalue weighted by Crippen LogP contribution is 2.38. The van der Waals surface area contributed by atoms with Gasteiger partial charge >= 0.3 is 11.9 Å². The molecule has 0 spiro atoms. The lowest BCUT2D eigenvalue weighted by Crippen LogP contribution is -2.37. The number of aliphatic hydroxyl groups excluding tert-OH is 1. The van der Waals surface area contributed by atoms with Crippen LogP contribution in [0.3, 0.4) is 0 Å². The number of esters is 2. The molecule has 0 rings (SSSR count). The van der Waals surface area contributed by atoms with E-state index >= 15 is 0 Å². The van der Waals surface area contributed by atoms with E-state index < -0.39 is 38.6 Å². The quantitative estimate of drug-likeness (QED) is 0.0162. The normalized spacial score (nSPS) is 15.0. The standard InChI is InChI=1S/C46H78NO9P/c1-6-8-10-12-14-15-16-17-18-19-20-21-25-29-33-37-45(49)53-41-44(42-55-57(51,52)54-40-39-47(3,4)5)56-46(50)38-34-30-26-23-22-24-28-32-36-43(48)35-31-27-13-11-9-7-2/h9,11,14-15,17-18,23-24,26-28,31-32,36,43-44,48H,6-8,10,12-13,16,19-22,25,29-30,33-35,37-42H2,1-5H3/b11-9-,15-14-,18-17-,26-23-,28-24-,31-27-,36-32+/t43?,44-/m1/s1. The molecule has 3 atom stereocenters. The monoisotopic (exact) mass is 820 g/mol. The number of ether oxygens (including phenoxy) is 2. The summed E-state index contributed by atoms with van der Waals surface area (Å²) in [7, 11) is 1.07. The number of carbonyl (C=O) groups excluding carboxylic acids is 2. The lowest BCUT2D eigenvalue weighted by atomic mass is 10.1. The number of carbonyl (C=O) groups is 2. The molecule has 57 heavy (non-hydrogen) atoms. The molecule has 0 aliphatic rings. The number of allylic oxidation sites excluding steroid dienone is 12. The second-order valence-corrected chi connectivity index (χ2v) is 16.6. The van der Waals surface area contributed by atoms with E-state index in [1.165, 1.54) is 19.3 Å². The highest BCUT2D eigenvalue weighted by molar-refractivity contribution is 7.45. The predicted octanol–water partition coefficient (Wildman–Crippen LogP) is 10.4. The maximum Gasteiger partial charge on any atom is 0.306 e. The average molecular weight is 820 g/mol. The molecule has 1 N–H and O–H groups in total. The summed E-state index contributed by atoms with van der Waals surface area (Å²) in [5.74, 6) is -0.968. The van der Waals surface area contributed by atoms with Gasteiger partial charge in [0.1, 0.15) is 19.8 Å². The molecule has 2 unspecified atom stereocenters. The zero-order valence-corrected chi connectivity index (χ0v) is 37.0. The number of likely N-dealkylation sites (N-methyl/N-ethyl adjacent to an activating group) is 1. The number of nitrogens with zero attached hydrogens (tertiary/aromatic N) is 1. The molecule has 0 aromatic rings. The van der Waals surface area contributed by atoms with Gasteiger partial charge in [-0.3, -0.25) is 14.2 Å². The number of aliphatic hydroxyl groups is 1. The fourth-order valence-corrected chi connectivity index (χ4v) is 5.82. The van der Waals surface area contributed by atoms with Gasteiger partial charge in [-0.15, -0.1) is 0 Å². The zero-order valence-electron chi connectivity index (χ0n) is 36.1. The van der Waals surface area contributed by atoms with Crippen LogP contribution in [0.25, 0.3) is 0 Å². The molecular weight excluding hydrogens is 741 g/mol. The Morgan fingerprint density at radius 2 is 1.25 bits per heavy atom. The maximum atomic E-state index is 12.6. The summed E-state index contributed by atoms with van der Waals surface area (Å²) in [6, 6.07) is 0. The van der Waals surface area contributed by atoms with Crippen LogP contribution in [0.15, 0.2) is 85.1 Å². The third-order valence-corrected chi connectivity index (χ3v) is 9.44. The number of rotatable bonds is 37. The van der Waals surface area contributed by atoms with Gasteiger partial charge in [-0.1, -0.05) is 131 Å². The summed E-state index contributed by atoms with van der Waals surface area (Å²) >= 11 is 0. The topological polar surface area (TPSA) is 131 Å². The number of phosphoric ester groups is 1. The minimum absolute atomic E-state index is 0.0597. The van der Waals surface area contributed by atoms with E-state index in [1.54, 1.807) is 6.08 Å². The Kier molecular flexibility index (Phi) is 35.6. The van der Waals surface area contributed by atoms with Crippen molar-refractivity contribution in [1.29, 1.82) is 0 Å². The minimum Gasteiger partial charge on any atom is -0.756 e. The van der Waals surface area contributed by atoms with Crippen LogP contribution < -0.4 is 4.89 Å². The molecule has 0 aliphatic heterocycles. The third-order valence-electron chi connectivity index (χ3n) is 8.48. The highest BCUT2D eigenvalue weighted by atomic mass is 31.2. The Balaban J connectivity index is 4.59. The fraction of sp³-hybridized carbons (Fsp3) is 0.652. The van der Waals surface area contributed by atoms with Crippen molar-refractivity contribution in [2.75, 3.05) is 47.5 Å². The first-order valence-corrected chi connectivity index (χ1v) is 22.9. The van der Waals surface area contributed by atoms with E-state index in [4.69, 9.17) is 18.5 Å². The Hall–Kier alpha value is -2.85. The molecule has 0 aromatic carbocycles. The predicted molar refractivity (Wildman–Crippen MR) is 232 cm³/mol. The van der Waals surface area contributed by atoms with Gasteiger partial charge in [-0.25, -0.2) is 0 Å². The molecule has 0 aliphatic carbocycles. The van der Waals surface area contributed by atoms with Gasteiger partial charge in [0.05, 0.1) is 33.9 Å². The first-order valence-electron chi connectivity index (χ1n) is 21.4. The largest absolute Gasteiger partial charge is 0.756 e. The molecule has 326 valence electrons. The van der Waals surface area contributed by atoms with Crippen molar-refractivity contribution < 1.29 is 47.2 Å². The molecule has 0 heterocycles. The molecular formula is C46H78NO9P. The van der Waals surface area contributed by atoms with Crippen LogP contribution in [0.5, 0.6) is 0 Å². The van der Waals surface area contributed by atoms with Crippen LogP contribution in [0.1, 0.15) is 136 Å². The third kappa shape index (κ3) is 41.1. The van der Waals surface area contributed by atoms with Crippen molar-refractivity contribution in [3.63, 3.8) is 0 Å². The van der Waals surface area contributed by atoms with Crippen LogP contribution in [0.4, 0.5) is 0 Å². The summed E-state index contributed by atoms with van der Waals surface area (Å²) in [5.41, 5.74) is 0. The average Bonchev–Trinajstić information content (AvgIpc) is 3.15. The number of hydrogen-bond acceptors (Lipinski definition) is 9. The van der Waals surface area contributed by atoms with E-state index in [1.807, 2.05) is 63.7 Å². The highest BCUT2D eigenvalue weighted by Gasteiger charge is 2.21. The van der Waals surface area contributed by atoms with Crippen molar-refractivity contribution in [1.82, 2.24) is 0 Å². The molecule has 0 radical (unpaired) electrons. The Morgan fingerprint density at radius 1 is 0.667 bits per heavy atom. The molecule has 0 saturated carbocycles. The van der Waals surface area contributed by atoms with Gasteiger partial charge in [0.15, 0.2) is 6.10 Å². The first-order chi connectivity index (χ1) is 27.4. The van der Waals surface area contributed by atoms with Crippen molar-refractivity contribution in [2.45, 2.75) is 148 Å². The van der Waals surface area contributed by atoms with Crippen molar-refractivity contribution in [3.8, 4) is 0 Å². The van der Waals surface area contributed by atoms with Gasteiger partial charge in [0.2, 0.25) is 0 Å². The molecule has 11 heteroatoms. The fourth-order valence-electron chi connectivity index (χ4n) is 5.10. The lowest BCUT2D eigenvalue weighted by Gasteiger charge is -2.28. The van der Waals surface area contributed by atoms with Crippen LogP contribution in [0.2, 0.25) is 0 Å². The Labute approximate surface area is 346 Å². The smallest absolute Gasteiger partial charge is 0.306 e. The van der Waals surface area contributed by atoms with Gasteiger partial charge in [0, 0.05) is 12.8 Å². The minimum atomic E-state index is -4.66. The van der Waals surface area contributed by atoms with Crippen LogP contribution in [0, 0.1) is 0 Å². The molecule has 0 fully saturated rings. The lowest BCUT2D eigenvalue weighted by molar-refractivity contribution is -0.870. The van der Waals surface area contributed by atoms with E-state index in [-0.39, 0.29) is 26.1 Å². The summed E-state index contributed by atoms with van der Waals surface area (Å²) < 4.78 is 33.7. The molecule has 10 nitrogen and oxygen atoms in total. The second-order valence-electron chi connectivity index (χ2n) is 15.2. The molecule has 0 aromatic heterocycles. The van der Waals surface area contributed by atoms with Crippen molar-refractivity contribution in [3.05, 3.63) is 85.1 Å². The van der Waals surface area contributed by atoms with Crippen molar-refractivity contribution >= 4 is 19.8 Å². The number of quaternary nitrogens is 1. The summed E-state index contributed by atoms with van der Waals surface area (Å²) in [4.78, 5) is 37.5. The van der Waals surface area contributed by atoms with E-state index in [0.29, 0.717) is 43.1 Å². The molecule has 0 bridgehead atoms. The summed E-state index contributed by atoms with van der Waals surface area (Å²) in [6.07, 6.45) is 43.6. The van der Waals surface area contributed by atoms with Crippen molar-refractivity contribution in [2.24, 2.45) is 0 Å². The zero-order chi connectivity index (χ0) is 42.3. The Morgan fingerprint density at radius 3 is 1.91 bits per heavy atom. The van der Waals surface area contributed by atoms with Crippen LogP contribution >= 0.6 is 7.82 Å². The van der Waals surface area contributed by atoms with E-state index in [9.17, 15) is 24.2 Å². The Bertz CT molecular complexity index is 1260. The number of hydrogen-bond donors (Lipinski definition) is 1. The van der Waals surface area contributed by atoms with Crippen LogP contribution in [-0.2, 0) is 32.7 Å². The van der Waals surface area contributed by atoms with E-state index in [2.05, 4.69) is 50.3 Å². The van der Waals surface area contributed by atoms with E-state index in [0.717, 1.165) is 57.8 Å². The molecule has 0 amide bonds. The SMILES string of the molecule is CC/C=C\C/C=C\CC(O)/C=C/C=C\C/C=C\CCCC(=O)O[C@H](COC(=O)CCCCCCC/C=C\C/C=C\CCCCC)COP(=O)([O-])OCC[N+](C)(C)C. The number of unbranched alkanes of at least 4 members (excludes halogenated alkanes) is 9. The molecule has 0 saturated heterocycles. The first kappa shape index (κ1) is 54.2. The van der Waals surface area contributed by atoms with Crippen LogP contribution in [-0.4, -0.2) is 81.2 Å². The van der Waals surface area contributed by atoms with Gasteiger partial charge in [-0.2, -0.15) is 0 Å². The van der Waals surface area contributed by atoms with Gasteiger partial charge in [-0.05, 0) is 77.0 Å². The maximum absolute atomic E-state index is 12.6. The van der Waals surface area contributed by atoms with Gasteiger partial charge in [0.25, 0.3) is 7.82 Å². The van der Waals surface area contributed by atoms with Gasteiger partial charge < -0.3 is 33.0 Å². The number of phosphoric acid groups is 1. The second kappa shape index (κ2) is 37.4.